The fourth-order valence-corrected chi connectivity index (χ4v) is 2.14. The van der Waals surface area contributed by atoms with E-state index in [0.717, 1.165) is 12.1 Å². The van der Waals surface area contributed by atoms with E-state index in [9.17, 15) is 4.79 Å². The summed E-state index contributed by atoms with van der Waals surface area (Å²) in [4.78, 5) is 14.3. The predicted octanol–water partition coefficient (Wildman–Crippen LogP) is 2.59. The number of hydrogen-bond acceptors (Lipinski definition) is 4. The van der Waals surface area contributed by atoms with Gasteiger partial charge in [0.05, 0.1) is 0 Å². The standard InChI is InChI=1S/C15H18ClN3O2/c1-10-13(15(20)17-7-8-19(2)3)14(18-21-10)11-5-4-6-12(16)9-11/h4-6,9H,7-8H2,1-3H3,(H,17,20). The maximum Gasteiger partial charge on any atom is 0.257 e. The molecule has 5 nitrogen and oxygen atoms in total. The molecule has 0 unspecified atom stereocenters. The minimum atomic E-state index is -0.189. The average Bonchev–Trinajstić information content (AvgIpc) is 2.80. The fourth-order valence-electron chi connectivity index (χ4n) is 1.95. The van der Waals surface area contributed by atoms with E-state index < -0.39 is 0 Å². The van der Waals surface area contributed by atoms with Gasteiger partial charge in [0.15, 0.2) is 0 Å². The Kier molecular flexibility index (Phi) is 4.98. The number of aromatic nitrogens is 1. The largest absolute Gasteiger partial charge is 0.360 e. The van der Waals surface area contributed by atoms with Crippen LogP contribution in [0.15, 0.2) is 28.8 Å². The van der Waals surface area contributed by atoms with Crippen LogP contribution in [0.2, 0.25) is 5.02 Å². The molecule has 0 atom stereocenters. The number of nitrogens with one attached hydrogen (secondary N) is 1. The Labute approximate surface area is 128 Å². The highest BCUT2D eigenvalue weighted by molar-refractivity contribution is 6.30. The molecule has 0 saturated heterocycles. The van der Waals surface area contributed by atoms with Crippen LogP contribution < -0.4 is 5.32 Å². The molecule has 2 aromatic rings. The molecule has 6 heteroatoms. The number of hydrogen-bond donors (Lipinski definition) is 1. The first-order valence-electron chi connectivity index (χ1n) is 6.64. The van der Waals surface area contributed by atoms with Crippen LogP contribution in [0.5, 0.6) is 0 Å². The highest BCUT2D eigenvalue weighted by Gasteiger charge is 2.21. The van der Waals surface area contributed by atoms with Crippen LogP contribution in [0.1, 0.15) is 16.1 Å². The summed E-state index contributed by atoms with van der Waals surface area (Å²) in [5.41, 5.74) is 1.73. The molecule has 1 amide bonds. The molecule has 0 bridgehead atoms. The van der Waals surface area contributed by atoms with Crippen molar-refractivity contribution in [3.8, 4) is 11.3 Å². The second kappa shape index (κ2) is 6.74. The molecular weight excluding hydrogens is 290 g/mol. The summed E-state index contributed by atoms with van der Waals surface area (Å²) < 4.78 is 5.17. The van der Waals surface area contributed by atoms with Gasteiger partial charge in [0.2, 0.25) is 0 Å². The molecule has 0 aliphatic rings. The highest BCUT2D eigenvalue weighted by atomic mass is 35.5. The molecule has 2 rings (SSSR count). The predicted molar refractivity (Wildman–Crippen MR) is 82.6 cm³/mol. The van der Waals surface area contributed by atoms with Crippen LogP contribution in [-0.4, -0.2) is 43.1 Å². The van der Waals surface area contributed by atoms with Gasteiger partial charge in [-0.15, -0.1) is 0 Å². The Morgan fingerprint density at radius 2 is 2.19 bits per heavy atom. The first kappa shape index (κ1) is 15.5. The number of carbonyl (C=O) groups excluding carboxylic acids is 1. The summed E-state index contributed by atoms with van der Waals surface area (Å²) in [5.74, 6) is 0.304. The molecule has 112 valence electrons. The Balaban J connectivity index is 2.24. The third kappa shape index (κ3) is 3.83. The Hall–Kier alpha value is -1.85. The molecule has 0 radical (unpaired) electrons. The van der Waals surface area contributed by atoms with Crippen molar-refractivity contribution in [3.63, 3.8) is 0 Å². The van der Waals surface area contributed by atoms with Crippen LogP contribution in [-0.2, 0) is 0 Å². The topological polar surface area (TPSA) is 58.4 Å². The van der Waals surface area contributed by atoms with E-state index in [1.54, 1.807) is 19.1 Å². The van der Waals surface area contributed by atoms with Gasteiger partial charge in [0, 0.05) is 23.7 Å². The van der Waals surface area contributed by atoms with Crippen molar-refractivity contribution in [2.45, 2.75) is 6.92 Å². The molecule has 0 fully saturated rings. The lowest BCUT2D eigenvalue weighted by Gasteiger charge is -2.10. The van der Waals surface area contributed by atoms with Gasteiger partial charge in [-0.2, -0.15) is 0 Å². The minimum absolute atomic E-state index is 0.189. The number of rotatable bonds is 5. The molecule has 0 aliphatic carbocycles. The van der Waals surface area contributed by atoms with E-state index in [4.69, 9.17) is 16.1 Å². The van der Waals surface area contributed by atoms with E-state index in [1.807, 2.05) is 31.1 Å². The molecule has 0 saturated carbocycles. The molecule has 0 spiro atoms. The summed E-state index contributed by atoms with van der Waals surface area (Å²) in [7, 11) is 3.91. The van der Waals surface area contributed by atoms with Gasteiger partial charge in [0.1, 0.15) is 17.0 Å². The molecule has 0 aliphatic heterocycles. The second-order valence-electron chi connectivity index (χ2n) is 5.03. The van der Waals surface area contributed by atoms with Crippen molar-refractivity contribution in [2.75, 3.05) is 27.2 Å². The quantitative estimate of drug-likeness (QED) is 0.922. The van der Waals surface area contributed by atoms with Gasteiger partial charge in [-0.1, -0.05) is 28.9 Å². The van der Waals surface area contributed by atoms with Gasteiger partial charge in [-0.05, 0) is 33.2 Å². The number of halogens is 1. The van der Waals surface area contributed by atoms with Gasteiger partial charge in [-0.25, -0.2) is 0 Å². The molecule has 1 heterocycles. The van der Waals surface area contributed by atoms with E-state index >= 15 is 0 Å². The van der Waals surface area contributed by atoms with Crippen molar-refractivity contribution in [2.24, 2.45) is 0 Å². The lowest BCUT2D eigenvalue weighted by atomic mass is 10.1. The van der Waals surface area contributed by atoms with Crippen LogP contribution in [0.25, 0.3) is 11.3 Å². The highest BCUT2D eigenvalue weighted by Crippen LogP contribution is 2.27. The lowest BCUT2D eigenvalue weighted by molar-refractivity contribution is 0.0950. The zero-order valence-electron chi connectivity index (χ0n) is 12.3. The van der Waals surface area contributed by atoms with Gasteiger partial charge in [0.25, 0.3) is 5.91 Å². The van der Waals surface area contributed by atoms with E-state index in [-0.39, 0.29) is 5.91 Å². The summed E-state index contributed by atoms with van der Waals surface area (Å²) in [5, 5.41) is 7.44. The summed E-state index contributed by atoms with van der Waals surface area (Å²) in [6, 6.07) is 7.19. The first-order chi connectivity index (χ1) is 9.99. The molecule has 1 N–H and O–H groups in total. The van der Waals surface area contributed by atoms with E-state index in [2.05, 4.69) is 10.5 Å². The third-order valence-corrected chi connectivity index (χ3v) is 3.27. The van der Waals surface area contributed by atoms with Crippen LogP contribution in [0.3, 0.4) is 0 Å². The van der Waals surface area contributed by atoms with Crippen molar-refractivity contribution in [1.82, 2.24) is 15.4 Å². The Morgan fingerprint density at radius 1 is 1.43 bits per heavy atom. The molecular formula is C15H18ClN3O2. The van der Waals surface area contributed by atoms with E-state index in [1.165, 1.54) is 0 Å². The lowest BCUT2D eigenvalue weighted by Crippen LogP contribution is -2.31. The van der Waals surface area contributed by atoms with Gasteiger partial charge >= 0.3 is 0 Å². The number of benzene rings is 1. The average molecular weight is 308 g/mol. The van der Waals surface area contributed by atoms with Crippen LogP contribution in [0, 0.1) is 6.92 Å². The maximum atomic E-state index is 12.3. The second-order valence-corrected chi connectivity index (χ2v) is 5.47. The molecule has 21 heavy (non-hydrogen) atoms. The number of amides is 1. The van der Waals surface area contributed by atoms with E-state index in [0.29, 0.717) is 28.6 Å². The van der Waals surface area contributed by atoms with Crippen molar-refractivity contribution < 1.29 is 9.32 Å². The Bertz CT molecular complexity index is 638. The Morgan fingerprint density at radius 3 is 2.86 bits per heavy atom. The number of nitrogens with zero attached hydrogens (tertiary/aromatic N) is 2. The number of carbonyl (C=O) groups is 1. The molecule has 1 aromatic carbocycles. The normalized spacial score (nSPS) is 10.9. The maximum absolute atomic E-state index is 12.3. The van der Waals surface area contributed by atoms with Crippen LogP contribution >= 0.6 is 11.6 Å². The van der Waals surface area contributed by atoms with Crippen LogP contribution in [0.4, 0.5) is 0 Å². The first-order valence-corrected chi connectivity index (χ1v) is 7.02. The van der Waals surface area contributed by atoms with Crippen molar-refractivity contribution in [1.29, 1.82) is 0 Å². The minimum Gasteiger partial charge on any atom is -0.360 e. The van der Waals surface area contributed by atoms with Crippen molar-refractivity contribution >= 4 is 17.5 Å². The van der Waals surface area contributed by atoms with Crippen molar-refractivity contribution in [3.05, 3.63) is 40.6 Å². The monoisotopic (exact) mass is 307 g/mol. The SMILES string of the molecule is Cc1onc(-c2cccc(Cl)c2)c1C(=O)NCCN(C)C. The summed E-state index contributed by atoms with van der Waals surface area (Å²) in [6.45, 7) is 3.05. The smallest absolute Gasteiger partial charge is 0.257 e. The fraction of sp³-hybridized carbons (Fsp3) is 0.333. The number of aryl methyl sites for hydroxylation is 1. The van der Waals surface area contributed by atoms with Gasteiger partial charge in [-0.3, -0.25) is 4.79 Å². The van der Waals surface area contributed by atoms with Gasteiger partial charge < -0.3 is 14.7 Å². The zero-order chi connectivity index (χ0) is 15.4. The molecule has 1 aromatic heterocycles. The zero-order valence-corrected chi connectivity index (χ0v) is 13.1. The third-order valence-electron chi connectivity index (χ3n) is 3.03. The number of likely N-dealkylation sites (N-methyl/N-ethyl adjacent to an activating group) is 1. The summed E-state index contributed by atoms with van der Waals surface area (Å²) >= 11 is 5.99. The summed E-state index contributed by atoms with van der Waals surface area (Å²) in [6.07, 6.45) is 0.